The van der Waals surface area contributed by atoms with Crippen LogP contribution in [-0.2, 0) is 9.53 Å². The van der Waals surface area contributed by atoms with Crippen molar-refractivity contribution in [3.05, 3.63) is 45.1 Å². The Morgan fingerprint density at radius 2 is 2.08 bits per heavy atom. The second-order valence-electron chi connectivity index (χ2n) is 6.05. The summed E-state index contributed by atoms with van der Waals surface area (Å²) in [6, 6.07) is 1.93. The molecule has 0 bridgehead atoms. The average molecular weight is 348 g/mol. The normalized spacial score (nSPS) is 17.1. The molecule has 2 amide bonds. The summed E-state index contributed by atoms with van der Waals surface area (Å²) in [6.45, 7) is 5.48. The summed E-state index contributed by atoms with van der Waals surface area (Å²) in [5.74, 6) is -1.27. The zero-order chi connectivity index (χ0) is 18.7. The summed E-state index contributed by atoms with van der Waals surface area (Å²) in [4.78, 5) is 34.4. The summed E-state index contributed by atoms with van der Waals surface area (Å²) in [5, 5.41) is 27.6. The lowest BCUT2D eigenvalue weighted by Gasteiger charge is -2.28. The van der Waals surface area contributed by atoms with Crippen LogP contribution >= 0.6 is 0 Å². The number of urea groups is 1. The minimum absolute atomic E-state index is 0.121. The van der Waals surface area contributed by atoms with Crippen LogP contribution in [0.4, 0.5) is 10.5 Å². The van der Waals surface area contributed by atoms with E-state index in [-0.39, 0.29) is 29.4 Å². The SMILES string of the molecule is CC1=C(C(=O)OCC(C)C)[C@H](c2ccc([O-])c([N+](=O)[O-])c2)NC(=O)N1. The molecule has 9 nitrogen and oxygen atoms in total. The highest BCUT2D eigenvalue weighted by atomic mass is 16.6. The lowest BCUT2D eigenvalue weighted by Crippen LogP contribution is -2.45. The van der Waals surface area contributed by atoms with Crippen molar-refractivity contribution in [3.8, 4) is 5.75 Å². The number of amides is 2. The number of nitro benzene ring substituents is 1. The van der Waals surface area contributed by atoms with Gasteiger partial charge >= 0.3 is 12.0 Å². The van der Waals surface area contributed by atoms with Gasteiger partial charge in [-0.2, -0.15) is 0 Å². The number of nitrogens with one attached hydrogen (secondary N) is 2. The number of hydrogen-bond donors (Lipinski definition) is 2. The molecule has 0 unspecified atom stereocenters. The van der Waals surface area contributed by atoms with Gasteiger partial charge in [0, 0.05) is 11.8 Å². The van der Waals surface area contributed by atoms with Gasteiger partial charge in [0.15, 0.2) is 0 Å². The zero-order valence-corrected chi connectivity index (χ0v) is 14.0. The molecule has 0 radical (unpaired) electrons. The molecule has 0 spiro atoms. The maximum absolute atomic E-state index is 12.4. The smallest absolute Gasteiger partial charge is 0.338 e. The Hall–Kier alpha value is -3.10. The van der Waals surface area contributed by atoms with Gasteiger partial charge in [-0.1, -0.05) is 26.0 Å². The number of esters is 1. The highest BCUT2D eigenvalue weighted by molar-refractivity contribution is 5.95. The van der Waals surface area contributed by atoms with Gasteiger partial charge in [0.05, 0.1) is 23.1 Å². The van der Waals surface area contributed by atoms with Crippen LogP contribution in [0.15, 0.2) is 29.5 Å². The second kappa shape index (κ2) is 7.20. The minimum Gasteiger partial charge on any atom is -0.868 e. The fraction of sp³-hybridized carbons (Fsp3) is 0.375. The molecule has 0 aromatic heterocycles. The molecular weight excluding hydrogens is 330 g/mol. The second-order valence-corrected chi connectivity index (χ2v) is 6.05. The molecule has 1 aliphatic rings. The fourth-order valence-corrected chi connectivity index (χ4v) is 2.39. The van der Waals surface area contributed by atoms with E-state index in [2.05, 4.69) is 10.6 Å². The van der Waals surface area contributed by atoms with Crippen LogP contribution in [0.2, 0.25) is 0 Å². The first kappa shape index (κ1) is 18.2. The van der Waals surface area contributed by atoms with Crippen molar-refractivity contribution < 1.29 is 24.4 Å². The molecule has 2 rings (SSSR count). The first-order valence-corrected chi connectivity index (χ1v) is 7.61. The van der Waals surface area contributed by atoms with Crippen LogP contribution in [-0.4, -0.2) is 23.5 Å². The first-order chi connectivity index (χ1) is 11.7. The molecule has 1 aliphatic heterocycles. The lowest BCUT2D eigenvalue weighted by atomic mass is 9.95. The Balaban J connectivity index is 2.44. The molecule has 1 aromatic carbocycles. The molecule has 0 saturated carbocycles. The largest absolute Gasteiger partial charge is 0.868 e. The Labute approximate surface area is 143 Å². The summed E-state index contributed by atoms with van der Waals surface area (Å²) >= 11 is 0. The highest BCUT2D eigenvalue weighted by Crippen LogP contribution is 2.32. The van der Waals surface area contributed by atoms with E-state index in [4.69, 9.17) is 4.74 Å². The number of carbonyl (C=O) groups is 2. The Morgan fingerprint density at radius 3 is 2.68 bits per heavy atom. The summed E-state index contributed by atoms with van der Waals surface area (Å²) in [7, 11) is 0. The summed E-state index contributed by atoms with van der Waals surface area (Å²) in [6.07, 6.45) is 0. The van der Waals surface area contributed by atoms with Crippen LogP contribution in [0.5, 0.6) is 5.75 Å². The number of nitrogens with zero attached hydrogens (tertiary/aromatic N) is 1. The number of ether oxygens (including phenoxy) is 1. The predicted molar refractivity (Wildman–Crippen MR) is 85.4 cm³/mol. The number of carbonyl (C=O) groups excluding carboxylic acids is 2. The summed E-state index contributed by atoms with van der Waals surface area (Å²) < 4.78 is 5.22. The van der Waals surface area contributed by atoms with E-state index in [1.165, 1.54) is 13.0 Å². The number of nitro groups is 1. The van der Waals surface area contributed by atoms with Gasteiger partial charge in [-0.15, -0.1) is 0 Å². The monoisotopic (exact) mass is 348 g/mol. The quantitative estimate of drug-likeness (QED) is 0.470. The molecule has 134 valence electrons. The molecule has 25 heavy (non-hydrogen) atoms. The molecule has 1 heterocycles. The summed E-state index contributed by atoms with van der Waals surface area (Å²) in [5.41, 5.74) is 0.0411. The van der Waals surface area contributed by atoms with Gasteiger partial charge in [-0.05, 0) is 24.2 Å². The van der Waals surface area contributed by atoms with E-state index < -0.39 is 34.4 Å². The van der Waals surface area contributed by atoms with E-state index >= 15 is 0 Å². The van der Waals surface area contributed by atoms with Crippen LogP contribution in [0.3, 0.4) is 0 Å². The van der Waals surface area contributed by atoms with Crippen LogP contribution in [0.1, 0.15) is 32.4 Å². The zero-order valence-electron chi connectivity index (χ0n) is 14.0. The van der Waals surface area contributed by atoms with Crippen LogP contribution in [0, 0.1) is 16.0 Å². The van der Waals surface area contributed by atoms with E-state index in [9.17, 15) is 24.8 Å². The topological polar surface area (TPSA) is 134 Å². The van der Waals surface area contributed by atoms with E-state index in [1.807, 2.05) is 13.8 Å². The van der Waals surface area contributed by atoms with Crippen molar-refractivity contribution in [2.45, 2.75) is 26.8 Å². The standard InChI is InChI=1S/C16H19N3O6/c1-8(2)7-25-15(21)13-9(3)17-16(22)18-14(13)10-4-5-12(20)11(6-10)19(23)24/h4-6,8,14,20H,7H2,1-3H3,(H2,17,18,22)/p-1/t14-/m0/s1. The van der Waals surface area contributed by atoms with Gasteiger partial charge in [0.1, 0.15) is 0 Å². The number of allylic oxidation sites excluding steroid dienone is 1. The molecule has 0 fully saturated rings. The molecule has 2 N–H and O–H groups in total. The van der Waals surface area contributed by atoms with E-state index in [1.54, 1.807) is 0 Å². The highest BCUT2D eigenvalue weighted by Gasteiger charge is 2.33. The van der Waals surface area contributed by atoms with E-state index in [0.717, 1.165) is 12.1 Å². The number of hydrogen-bond acceptors (Lipinski definition) is 6. The van der Waals surface area contributed by atoms with Gasteiger partial charge in [0.25, 0.3) is 5.69 Å². The molecule has 9 heteroatoms. The molecular formula is C16H18N3O6-. The van der Waals surface area contributed by atoms with Gasteiger partial charge < -0.3 is 20.5 Å². The minimum atomic E-state index is -0.951. The van der Waals surface area contributed by atoms with Crippen LogP contribution in [0.25, 0.3) is 0 Å². The third-order valence-corrected chi connectivity index (χ3v) is 3.55. The molecule has 0 aliphatic carbocycles. The number of benzene rings is 1. The fourth-order valence-electron chi connectivity index (χ4n) is 2.39. The predicted octanol–water partition coefficient (Wildman–Crippen LogP) is 1.50. The molecule has 1 atom stereocenters. The van der Waals surface area contributed by atoms with Crippen molar-refractivity contribution in [2.24, 2.45) is 5.92 Å². The van der Waals surface area contributed by atoms with Crippen molar-refractivity contribution in [3.63, 3.8) is 0 Å². The van der Waals surface area contributed by atoms with Crippen LogP contribution < -0.4 is 15.7 Å². The van der Waals surface area contributed by atoms with Crippen molar-refractivity contribution in [1.29, 1.82) is 0 Å². The third kappa shape index (κ3) is 4.06. The van der Waals surface area contributed by atoms with Gasteiger partial charge in [-0.25, -0.2) is 9.59 Å². The molecule has 1 aromatic rings. The Bertz CT molecular complexity index is 756. The number of rotatable bonds is 5. The van der Waals surface area contributed by atoms with Gasteiger partial charge in [-0.3, -0.25) is 10.1 Å². The maximum Gasteiger partial charge on any atom is 0.338 e. The maximum atomic E-state index is 12.4. The average Bonchev–Trinajstić information content (AvgIpc) is 2.52. The van der Waals surface area contributed by atoms with Crippen molar-refractivity contribution >= 4 is 17.7 Å². The third-order valence-electron chi connectivity index (χ3n) is 3.55. The Kier molecular flexibility index (Phi) is 5.26. The van der Waals surface area contributed by atoms with Crippen molar-refractivity contribution in [2.75, 3.05) is 6.61 Å². The van der Waals surface area contributed by atoms with Gasteiger partial charge in [0.2, 0.25) is 0 Å². The van der Waals surface area contributed by atoms with Crippen molar-refractivity contribution in [1.82, 2.24) is 10.6 Å². The first-order valence-electron chi connectivity index (χ1n) is 7.61. The lowest BCUT2D eigenvalue weighted by molar-refractivity contribution is -0.398. The van der Waals surface area contributed by atoms with E-state index in [0.29, 0.717) is 0 Å². The Morgan fingerprint density at radius 1 is 1.40 bits per heavy atom. The molecule has 0 saturated heterocycles.